The SMILES string of the molecule is C[Si](C)(C)Oc1cc(Cl)cc(Br)c1. The Morgan fingerprint density at radius 1 is 1.23 bits per heavy atom. The summed E-state index contributed by atoms with van der Waals surface area (Å²) >= 11 is 9.26. The first-order valence-corrected chi connectivity index (χ1v) is 8.60. The molecule has 0 fully saturated rings. The van der Waals surface area contributed by atoms with E-state index in [9.17, 15) is 0 Å². The lowest BCUT2D eigenvalue weighted by molar-refractivity contribution is 0.557. The minimum Gasteiger partial charge on any atom is -0.544 e. The van der Waals surface area contributed by atoms with Gasteiger partial charge in [0.2, 0.25) is 8.32 Å². The van der Waals surface area contributed by atoms with Gasteiger partial charge < -0.3 is 4.43 Å². The Hall–Kier alpha value is 0.00688. The Kier molecular flexibility index (Phi) is 3.43. The van der Waals surface area contributed by atoms with E-state index in [1.54, 1.807) is 0 Å². The van der Waals surface area contributed by atoms with Crippen LogP contribution in [0.2, 0.25) is 24.7 Å². The maximum Gasteiger partial charge on any atom is 0.242 e. The highest BCUT2D eigenvalue weighted by atomic mass is 79.9. The Morgan fingerprint density at radius 2 is 1.85 bits per heavy atom. The van der Waals surface area contributed by atoms with Gasteiger partial charge in [-0.3, -0.25) is 0 Å². The van der Waals surface area contributed by atoms with Crippen molar-refractivity contribution in [3.05, 3.63) is 27.7 Å². The lowest BCUT2D eigenvalue weighted by Crippen LogP contribution is -2.29. The lowest BCUT2D eigenvalue weighted by atomic mass is 10.3. The molecule has 1 aromatic rings. The molecular formula is C9H12BrClOSi. The van der Waals surface area contributed by atoms with Crippen LogP contribution < -0.4 is 4.43 Å². The second-order valence-electron chi connectivity index (χ2n) is 3.82. The van der Waals surface area contributed by atoms with E-state index in [0.717, 1.165) is 10.2 Å². The molecule has 0 atom stereocenters. The molecule has 1 rings (SSSR count). The van der Waals surface area contributed by atoms with E-state index >= 15 is 0 Å². The van der Waals surface area contributed by atoms with E-state index < -0.39 is 8.32 Å². The van der Waals surface area contributed by atoms with Crippen molar-refractivity contribution in [1.82, 2.24) is 0 Å². The van der Waals surface area contributed by atoms with E-state index in [2.05, 4.69) is 35.6 Å². The molecule has 0 unspecified atom stereocenters. The van der Waals surface area contributed by atoms with Gasteiger partial charge in [0.1, 0.15) is 5.75 Å². The van der Waals surface area contributed by atoms with Crippen LogP contribution in [0.25, 0.3) is 0 Å². The van der Waals surface area contributed by atoms with Crippen LogP contribution in [-0.4, -0.2) is 8.32 Å². The molecule has 72 valence electrons. The molecule has 0 N–H and O–H groups in total. The molecule has 1 aromatic carbocycles. The molecule has 13 heavy (non-hydrogen) atoms. The Labute approximate surface area is 93.3 Å². The van der Waals surface area contributed by atoms with E-state index in [1.807, 2.05) is 18.2 Å². The number of benzene rings is 1. The second-order valence-corrected chi connectivity index (χ2v) is 9.60. The molecular weight excluding hydrogens is 268 g/mol. The zero-order valence-corrected chi connectivity index (χ0v) is 11.2. The van der Waals surface area contributed by atoms with Gasteiger partial charge in [-0.25, -0.2) is 0 Å². The van der Waals surface area contributed by atoms with Gasteiger partial charge in [-0.15, -0.1) is 0 Å². The topological polar surface area (TPSA) is 9.23 Å². The zero-order valence-electron chi connectivity index (χ0n) is 7.90. The van der Waals surface area contributed by atoms with Gasteiger partial charge >= 0.3 is 0 Å². The van der Waals surface area contributed by atoms with Crippen molar-refractivity contribution in [1.29, 1.82) is 0 Å². The maximum absolute atomic E-state index is 5.88. The summed E-state index contributed by atoms with van der Waals surface area (Å²) in [7, 11) is -1.52. The maximum atomic E-state index is 5.88. The van der Waals surface area contributed by atoms with E-state index in [-0.39, 0.29) is 0 Å². The molecule has 0 aliphatic carbocycles. The molecule has 0 saturated heterocycles. The summed E-state index contributed by atoms with van der Waals surface area (Å²) in [5, 5.41) is 0.697. The molecule has 0 aliphatic rings. The molecule has 4 heteroatoms. The van der Waals surface area contributed by atoms with Crippen molar-refractivity contribution in [2.45, 2.75) is 19.6 Å². The van der Waals surface area contributed by atoms with Gasteiger partial charge in [0.25, 0.3) is 0 Å². The smallest absolute Gasteiger partial charge is 0.242 e. The summed E-state index contributed by atoms with van der Waals surface area (Å²) in [6.07, 6.45) is 0. The normalized spacial score (nSPS) is 11.5. The third-order valence-electron chi connectivity index (χ3n) is 1.26. The summed E-state index contributed by atoms with van der Waals surface area (Å²) in [6.45, 7) is 6.42. The highest BCUT2D eigenvalue weighted by molar-refractivity contribution is 9.10. The molecule has 1 nitrogen and oxygen atoms in total. The summed E-state index contributed by atoms with van der Waals surface area (Å²) in [4.78, 5) is 0. The quantitative estimate of drug-likeness (QED) is 0.733. The van der Waals surface area contributed by atoms with Gasteiger partial charge in [0, 0.05) is 9.50 Å². The van der Waals surface area contributed by atoms with Crippen LogP contribution >= 0.6 is 27.5 Å². The first-order chi connectivity index (χ1) is 5.87. The predicted octanol–water partition coefficient (Wildman–Crippen LogP) is 4.32. The third kappa shape index (κ3) is 4.16. The number of rotatable bonds is 2. The number of hydrogen-bond acceptors (Lipinski definition) is 1. The minimum atomic E-state index is -1.52. The molecule has 0 spiro atoms. The van der Waals surface area contributed by atoms with E-state index in [4.69, 9.17) is 16.0 Å². The van der Waals surface area contributed by atoms with Gasteiger partial charge in [-0.2, -0.15) is 0 Å². The van der Waals surface area contributed by atoms with Crippen molar-refractivity contribution >= 4 is 35.8 Å². The number of halogens is 2. The van der Waals surface area contributed by atoms with Gasteiger partial charge in [-0.1, -0.05) is 27.5 Å². The van der Waals surface area contributed by atoms with Gasteiger partial charge in [0.15, 0.2) is 0 Å². The third-order valence-corrected chi connectivity index (χ3v) is 2.78. The molecule has 0 saturated carbocycles. The first kappa shape index (κ1) is 11.1. The van der Waals surface area contributed by atoms with Crippen LogP contribution in [0, 0.1) is 0 Å². The van der Waals surface area contributed by atoms with Crippen molar-refractivity contribution < 1.29 is 4.43 Å². The van der Waals surface area contributed by atoms with Crippen LogP contribution in [0.1, 0.15) is 0 Å². The van der Waals surface area contributed by atoms with Gasteiger partial charge in [-0.05, 0) is 37.8 Å². The molecule has 0 heterocycles. The highest BCUT2D eigenvalue weighted by Gasteiger charge is 2.16. The van der Waals surface area contributed by atoms with Crippen molar-refractivity contribution in [2.75, 3.05) is 0 Å². The fourth-order valence-electron chi connectivity index (χ4n) is 0.941. The van der Waals surface area contributed by atoms with Crippen LogP contribution in [0.4, 0.5) is 0 Å². The second kappa shape index (κ2) is 4.03. The minimum absolute atomic E-state index is 0.697. The first-order valence-electron chi connectivity index (χ1n) is 4.02. The predicted molar refractivity (Wildman–Crippen MR) is 63.1 cm³/mol. The van der Waals surface area contributed by atoms with Crippen LogP contribution in [-0.2, 0) is 0 Å². The van der Waals surface area contributed by atoms with E-state index in [1.165, 1.54) is 0 Å². The summed E-state index contributed by atoms with van der Waals surface area (Å²) < 4.78 is 6.74. The number of hydrogen-bond donors (Lipinski definition) is 0. The average molecular weight is 280 g/mol. The molecule has 0 amide bonds. The molecule has 0 radical (unpaired) electrons. The Bertz CT molecular complexity index is 289. The monoisotopic (exact) mass is 278 g/mol. The lowest BCUT2D eigenvalue weighted by Gasteiger charge is -2.19. The highest BCUT2D eigenvalue weighted by Crippen LogP contribution is 2.26. The Morgan fingerprint density at radius 3 is 2.31 bits per heavy atom. The molecule has 0 aliphatic heterocycles. The molecule has 0 bridgehead atoms. The fraction of sp³-hybridized carbons (Fsp3) is 0.333. The van der Waals surface area contributed by atoms with Crippen LogP contribution in [0.15, 0.2) is 22.7 Å². The van der Waals surface area contributed by atoms with Gasteiger partial charge in [0.05, 0.1) is 0 Å². The summed E-state index contributed by atoms with van der Waals surface area (Å²) in [6, 6.07) is 5.62. The summed E-state index contributed by atoms with van der Waals surface area (Å²) in [5.74, 6) is 0.846. The van der Waals surface area contributed by atoms with Crippen LogP contribution in [0.3, 0.4) is 0 Å². The zero-order chi connectivity index (χ0) is 10.1. The van der Waals surface area contributed by atoms with Crippen molar-refractivity contribution in [3.8, 4) is 5.75 Å². The average Bonchev–Trinajstić information content (AvgIpc) is 1.78. The molecule has 0 aromatic heterocycles. The largest absolute Gasteiger partial charge is 0.544 e. The van der Waals surface area contributed by atoms with Crippen LogP contribution in [0.5, 0.6) is 5.75 Å². The fourth-order valence-corrected chi connectivity index (χ4v) is 2.60. The summed E-state index contributed by atoms with van der Waals surface area (Å²) in [5.41, 5.74) is 0. The standard InChI is InChI=1S/C9H12BrClOSi/c1-13(2,3)12-9-5-7(10)4-8(11)6-9/h4-6H,1-3H3. The van der Waals surface area contributed by atoms with E-state index in [0.29, 0.717) is 5.02 Å². The Balaban J connectivity index is 2.90. The van der Waals surface area contributed by atoms with Crippen molar-refractivity contribution in [3.63, 3.8) is 0 Å². The van der Waals surface area contributed by atoms with Crippen molar-refractivity contribution in [2.24, 2.45) is 0 Å².